The SMILES string of the molecule is CC1(C)c2ccccc2-c2ccc(N(c3ccc(C4C=CC=CC4)cc3)c3cc4c5c(cccc5c3)-c3cc(N(c5ccc(-c6ccccc6)cc5)c5ccc(-c6ccccc6)cc5)ccc3O4)cc21. The molecular weight excluding hydrogens is 849 g/mol. The van der Waals surface area contributed by atoms with E-state index in [0.717, 1.165) is 73.9 Å². The summed E-state index contributed by atoms with van der Waals surface area (Å²) in [5, 5.41) is 2.24. The Bertz CT molecular complexity index is 3580. The molecule has 70 heavy (non-hydrogen) atoms. The molecule has 3 nitrogen and oxygen atoms in total. The van der Waals surface area contributed by atoms with Gasteiger partial charge in [0, 0.05) is 56.8 Å². The van der Waals surface area contributed by atoms with Gasteiger partial charge in [0.25, 0.3) is 0 Å². The van der Waals surface area contributed by atoms with Crippen LogP contribution in [0.25, 0.3) is 55.3 Å². The lowest BCUT2D eigenvalue weighted by atomic mass is 9.82. The fraction of sp³-hybridized carbons (Fsp3) is 0.0746. The molecular formula is C67H50N2O. The summed E-state index contributed by atoms with van der Waals surface area (Å²) in [5.41, 5.74) is 20.0. The van der Waals surface area contributed by atoms with Crippen molar-refractivity contribution < 1.29 is 4.74 Å². The van der Waals surface area contributed by atoms with Crippen LogP contribution < -0.4 is 14.5 Å². The van der Waals surface area contributed by atoms with Gasteiger partial charge in [-0.2, -0.15) is 0 Å². The zero-order chi connectivity index (χ0) is 46.8. The van der Waals surface area contributed by atoms with Gasteiger partial charge < -0.3 is 14.5 Å². The predicted octanol–water partition coefficient (Wildman–Crippen LogP) is 18.8. The number of hydrogen-bond donors (Lipinski definition) is 0. The highest BCUT2D eigenvalue weighted by Crippen LogP contribution is 2.54. The number of rotatable bonds is 9. The Morgan fingerprint density at radius 1 is 0.400 bits per heavy atom. The molecule has 0 N–H and O–H groups in total. The van der Waals surface area contributed by atoms with E-state index in [1.54, 1.807) is 0 Å². The first-order valence-corrected chi connectivity index (χ1v) is 24.4. The highest BCUT2D eigenvalue weighted by Gasteiger charge is 2.36. The van der Waals surface area contributed by atoms with E-state index in [4.69, 9.17) is 4.74 Å². The topological polar surface area (TPSA) is 15.7 Å². The predicted molar refractivity (Wildman–Crippen MR) is 293 cm³/mol. The van der Waals surface area contributed by atoms with E-state index >= 15 is 0 Å². The zero-order valence-electron chi connectivity index (χ0n) is 39.3. The van der Waals surface area contributed by atoms with Gasteiger partial charge in [0.05, 0.1) is 5.69 Å². The number of anilines is 6. The number of nitrogens with zero attached hydrogens (tertiary/aromatic N) is 2. The first-order valence-electron chi connectivity index (χ1n) is 24.4. The minimum Gasteiger partial charge on any atom is -0.456 e. The van der Waals surface area contributed by atoms with Crippen molar-refractivity contribution in [2.45, 2.75) is 31.6 Å². The first kappa shape index (κ1) is 41.5. The average Bonchev–Trinajstić information content (AvgIpc) is 3.65. The Hall–Kier alpha value is -8.66. The maximum atomic E-state index is 7.08. The van der Waals surface area contributed by atoms with Gasteiger partial charge in [0.2, 0.25) is 0 Å². The van der Waals surface area contributed by atoms with Crippen LogP contribution in [0.2, 0.25) is 0 Å². The zero-order valence-corrected chi connectivity index (χ0v) is 39.3. The van der Waals surface area contributed by atoms with E-state index in [-0.39, 0.29) is 5.41 Å². The van der Waals surface area contributed by atoms with Gasteiger partial charge in [-0.25, -0.2) is 0 Å². The largest absolute Gasteiger partial charge is 0.456 e. The van der Waals surface area contributed by atoms with Crippen LogP contribution in [0.4, 0.5) is 34.1 Å². The lowest BCUT2D eigenvalue weighted by Gasteiger charge is -2.31. The van der Waals surface area contributed by atoms with Crippen LogP contribution in [-0.2, 0) is 5.41 Å². The maximum absolute atomic E-state index is 7.08. The molecule has 0 saturated carbocycles. The lowest BCUT2D eigenvalue weighted by Crippen LogP contribution is -2.16. The van der Waals surface area contributed by atoms with Gasteiger partial charge in [-0.3, -0.25) is 0 Å². The second-order valence-corrected chi connectivity index (χ2v) is 19.3. The van der Waals surface area contributed by atoms with Crippen molar-refractivity contribution in [2.24, 2.45) is 0 Å². The van der Waals surface area contributed by atoms with Crippen molar-refractivity contribution in [2.75, 3.05) is 9.80 Å². The first-order chi connectivity index (χ1) is 34.4. The molecule has 1 atom stereocenters. The monoisotopic (exact) mass is 898 g/mol. The highest BCUT2D eigenvalue weighted by atomic mass is 16.5. The highest BCUT2D eigenvalue weighted by molar-refractivity contribution is 6.07. The third-order valence-corrected chi connectivity index (χ3v) is 14.8. The Balaban J connectivity index is 0.916. The Labute approximate surface area is 410 Å². The van der Waals surface area contributed by atoms with Gasteiger partial charge in [-0.15, -0.1) is 0 Å². The number of allylic oxidation sites excluding steroid dienone is 4. The molecule has 334 valence electrons. The molecule has 0 saturated heterocycles. The fourth-order valence-corrected chi connectivity index (χ4v) is 11.2. The molecule has 10 aromatic carbocycles. The average molecular weight is 899 g/mol. The smallest absolute Gasteiger partial charge is 0.138 e. The van der Waals surface area contributed by atoms with Crippen LogP contribution in [0, 0.1) is 0 Å². The molecule has 0 bridgehead atoms. The summed E-state index contributed by atoms with van der Waals surface area (Å²) in [6.45, 7) is 4.71. The summed E-state index contributed by atoms with van der Waals surface area (Å²) in [7, 11) is 0. The summed E-state index contributed by atoms with van der Waals surface area (Å²) in [4.78, 5) is 4.76. The summed E-state index contributed by atoms with van der Waals surface area (Å²) < 4.78 is 7.08. The molecule has 10 aromatic rings. The number of hydrogen-bond acceptors (Lipinski definition) is 3. The van der Waals surface area contributed by atoms with E-state index in [2.05, 4.69) is 272 Å². The summed E-state index contributed by atoms with van der Waals surface area (Å²) in [6.07, 6.45) is 9.88. The van der Waals surface area contributed by atoms with E-state index in [0.29, 0.717) is 5.92 Å². The molecule has 0 spiro atoms. The van der Waals surface area contributed by atoms with Crippen LogP contribution in [0.5, 0.6) is 11.5 Å². The van der Waals surface area contributed by atoms with Gasteiger partial charge in [0.1, 0.15) is 11.5 Å². The summed E-state index contributed by atoms with van der Waals surface area (Å²) >= 11 is 0. The number of benzene rings is 10. The van der Waals surface area contributed by atoms with Crippen molar-refractivity contribution >= 4 is 44.9 Å². The van der Waals surface area contributed by atoms with Crippen LogP contribution >= 0.6 is 0 Å². The van der Waals surface area contributed by atoms with Crippen molar-refractivity contribution in [1.29, 1.82) is 0 Å². The Morgan fingerprint density at radius 2 is 0.957 bits per heavy atom. The van der Waals surface area contributed by atoms with E-state index in [1.807, 2.05) is 0 Å². The van der Waals surface area contributed by atoms with Crippen molar-refractivity contribution in [3.63, 3.8) is 0 Å². The summed E-state index contributed by atoms with van der Waals surface area (Å²) in [6, 6.07) is 81.9. The lowest BCUT2D eigenvalue weighted by molar-refractivity contribution is 0.487. The molecule has 1 unspecified atom stereocenters. The van der Waals surface area contributed by atoms with Crippen molar-refractivity contribution in [3.8, 4) is 56.0 Å². The fourth-order valence-electron chi connectivity index (χ4n) is 11.2. The van der Waals surface area contributed by atoms with Crippen LogP contribution in [-0.4, -0.2) is 0 Å². The molecule has 3 heteroatoms. The van der Waals surface area contributed by atoms with Gasteiger partial charge >= 0.3 is 0 Å². The van der Waals surface area contributed by atoms with Crippen LogP contribution in [0.1, 0.15) is 42.9 Å². The van der Waals surface area contributed by atoms with E-state index in [1.165, 1.54) is 50.1 Å². The number of ether oxygens (including phenoxy) is 1. The maximum Gasteiger partial charge on any atom is 0.138 e. The number of fused-ring (bicyclic) bond motifs is 5. The summed E-state index contributed by atoms with van der Waals surface area (Å²) in [5.74, 6) is 2.06. The van der Waals surface area contributed by atoms with Crippen molar-refractivity contribution in [3.05, 3.63) is 265 Å². The minimum atomic E-state index is -0.138. The van der Waals surface area contributed by atoms with Gasteiger partial charge in [0.15, 0.2) is 0 Å². The van der Waals surface area contributed by atoms with Crippen LogP contribution in [0.15, 0.2) is 249 Å². The molecule has 0 aromatic heterocycles. The standard InChI is InChI=1S/C67H50N2O/c1-67(2)62-24-13-12-22-58(62)59-39-37-56(43-63(59)67)69(54-35-29-50(30-36-54)47-19-10-5-11-20-47)57-41-51-21-14-23-60-61-42-55(38-40-64(61)70-65(44-57)66(51)60)68(52-31-25-48(26-32-52)45-15-6-3-7-16-45)53-33-27-49(28-34-53)46-17-8-4-9-18-46/h3-19,21-44,47H,20H2,1-2H3. The quantitative estimate of drug-likeness (QED) is 0.144. The molecule has 0 amide bonds. The van der Waals surface area contributed by atoms with Gasteiger partial charge in [-0.05, 0) is 140 Å². The molecule has 3 aliphatic rings. The van der Waals surface area contributed by atoms with Crippen molar-refractivity contribution in [1.82, 2.24) is 0 Å². The molecule has 2 aliphatic carbocycles. The molecule has 0 radical (unpaired) electrons. The minimum absolute atomic E-state index is 0.138. The van der Waals surface area contributed by atoms with Crippen LogP contribution in [0.3, 0.4) is 0 Å². The Morgan fingerprint density at radius 3 is 1.63 bits per heavy atom. The van der Waals surface area contributed by atoms with E-state index in [9.17, 15) is 0 Å². The third-order valence-electron chi connectivity index (χ3n) is 14.8. The van der Waals surface area contributed by atoms with E-state index < -0.39 is 0 Å². The Kier molecular flexibility index (Phi) is 9.99. The second kappa shape index (κ2) is 16.8. The molecule has 0 fully saturated rings. The normalized spacial score (nSPS) is 14.6. The molecule has 1 aliphatic heterocycles. The third kappa shape index (κ3) is 7.13. The molecule has 13 rings (SSSR count). The van der Waals surface area contributed by atoms with Gasteiger partial charge in [-0.1, -0.05) is 184 Å². The second-order valence-electron chi connectivity index (χ2n) is 19.3. The molecule has 1 heterocycles.